The number of hydrogen-bond acceptors (Lipinski definition) is 12. The number of nitrogens with two attached hydrogens (primary N) is 1. The molecule has 2 fully saturated rings. The second-order valence-electron chi connectivity index (χ2n) is 21.7. The average Bonchev–Trinajstić information content (AvgIpc) is 4.16. The minimum Gasteiger partial charge on any atom is -0.382 e. The van der Waals surface area contributed by atoms with E-state index in [-0.39, 0.29) is 73.0 Å². The Bertz CT molecular complexity index is 2740. The molecule has 4 aromatic rings. The summed E-state index contributed by atoms with van der Waals surface area (Å²) in [5.41, 5.74) is 10.4. The van der Waals surface area contributed by atoms with Crippen molar-refractivity contribution >= 4 is 41.0 Å². The Morgan fingerprint density at radius 1 is 0.987 bits per heavy atom. The molecule has 1 unspecified atom stereocenters. The van der Waals surface area contributed by atoms with E-state index >= 15 is 0 Å². The molecule has 2 bridgehead atoms. The van der Waals surface area contributed by atoms with Crippen LogP contribution in [-0.2, 0) is 32.3 Å². The van der Waals surface area contributed by atoms with Gasteiger partial charge in [0.1, 0.15) is 35.5 Å². The lowest BCUT2D eigenvalue weighted by Gasteiger charge is -2.36. The number of likely N-dealkylation sites (N-methyl/N-ethyl adjacent to an activating group) is 1. The molecule has 6 atom stereocenters. The number of aromatic nitrogens is 3. The number of nitrogens with one attached hydrogen (secondary N) is 5. The summed E-state index contributed by atoms with van der Waals surface area (Å²) in [5, 5.41) is 31.1. The van der Waals surface area contributed by atoms with Crippen LogP contribution in [0, 0.1) is 22.6 Å². The van der Waals surface area contributed by atoms with E-state index in [4.69, 9.17) is 10.8 Å². The standard InChI is InChI=1S/C57H78FN13O5/c1-8-43(37-19-14-13-15-20-37)65-54(74)47-31-40(34-70(47)56(76)51(57(3,4)5)66-53(73)36(2)61-6)62-25-17-12-10-9-11-16-22-49(72)63-26-28-71-48(32-59)50-38-29-46(52(60)64-33-38)69-27-18-21-45(69)42-30-39(58)23-24-41(42)55(75)68(7)35-44(50)67-71/h13-15,19-20,23-24,29-30,33,36,40,43,45,47,51,61-62H,8-12,16-18,21-22,25-28,31,34-35H2,1-7H3,(H2,60,64)(H,63,72)(H,65,74)(H,66,73)/t36-,40-,43+,45-,47-,51?/m1/s1. The molecule has 76 heavy (non-hydrogen) atoms. The number of nitrogens with zero attached hydrogens (tertiary/aromatic N) is 7. The van der Waals surface area contributed by atoms with Gasteiger partial charge in [0.15, 0.2) is 0 Å². The molecule has 0 aliphatic carbocycles. The summed E-state index contributed by atoms with van der Waals surface area (Å²) >= 11 is 0. The number of likely N-dealkylation sites (tertiary alicyclic amines) is 1. The molecular formula is C57H78FN13O5. The Kier molecular flexibility index (Phi) is 19.3. The first kappa shape index (κ1) is 56.8. The van der Waals surface area contributed by atoms with E-state index in [0.717, 1.165) is 57.1 Å². The zero-order valence-electron chi connectivity index (χ0n) is 45.4. The monoisotopic (exact) mass is 1040 g/mol. The molecule has 0 spiro atoms. The van der Waals surface area contributed by atoms with Gasteiger partial charge in [0.2, 0.25) is 23.6 Å². The number of hydrogen-bond donors (Lipinski definition) is 6. The van der Waals surface area contributed by atoms with Crippen molar-refractivity contribution in [2.75, 3.05) is 50.9 Å². The lowest BCUT2D eigenvalue weighted by molar-refractivity contribution is -0.144. The van der Waals surface area contributed by atoms with Crippen LogP contribution >= 0.6 is 0 Å². The van der Waals surface area contributed by atoms with E-state index in [0.29, 0.717) is 78.2 Å². The predicted molar refractivity (Wildman–Crippen MR) is 291 cm³/mol. The van der Waals surface area contributed by atoms with Gasteiger partial charge < -0.3 is 47.0 Å². The van der Waals surface area contributed by atoms with Crippen LogP contribution in [0.5, 0.6) is 0 Å². The van der Waals surface area contributed by atoms with Crippen molar-refractivity contribution < 1.29 is 28.4 Å². The first-order chi connectivity index (χ1) is 36.4. The molecule has 3 aliphatic heterocycles. The van der Waals surface area contributed by atoms with Gasteiger partial charge in [0.25, 0.3) is 5.91 Å². The molecule has 2 saturated heterocycles. The summed E-state index contributed by atoms with van der Waals surface area (Å²) in [6.45, 7) is 11.7. The van der Waals surface area contributed by atoms with Crippen molar-refractivity contribution in [2.24, 2.45) is 5.41 Å². The molecule has 0 saturated carbocycles. The summed E-state index contributed by atoms with van der Waals surface area (Å²) < 4.78 is 16.3. The second-order valence-corrected chi connectivity index (χ2v) is 21.7. The number of halogens is 1. The number of nitriles is 1. The molecular weight excluding hydrogens is 966 g/mol. The second kappa shape index (κ2) is 25.8. The molecule has 408 valence electrons. The number of carbonyl (C=O) groups is 5. The fourth-order valence-electron chi connectivity index (χ4n) is 10.8. The Balaban J connectivity index is 0.882. The molecule has 5 amide bonds. The van der Waals surface area contributed by atoms with E-state index in [1.165, 1.54) is 23.1 Å². The third kappa shape index (κ3) is 13.5. The number of rotatable bonds is 21. The predicted octanol–water partition coefficient (Wildman–Crippen LogP) is 6.28. The normalized spacial score (nSPS) is 18.5. The van der Waals surface area contributed by atoms with Gasteiger partial charge in [-0.3, -0.25) is 28.7 Å². The van der Waals surface area contributed by atoms with E-state index in [1.54, 1.807) is 36.8 Å². The summed E-state index contributed by atoms with van der Waals surface area (Å²) in [6.07, 6.45) is 10.1. The van der Waals surface area contributed by atoms with Crippen molar-refractivity contribution in [3.63, 3.8) is 0 Å². The van der Waals surface area contributed by atoms with Crippen molar-refractivity contribution in [1.29, 1.82) is 5.26 Å². The first-order valence-electron chi connectivity index (χ1n) is 27.1. The maximum atomic E-state index is 14.7. The number of nitrogen functional groups attached to an aromatic ring is 1. The lowest BCUT2D eigenvalue weighted by atomic mass is 9.85. The van der Waals surface area contributed by atoms with Crippen LogP contribution in [0.3, 0.4) is 0 Å². The van der Waals surface area contributed by atoms with Crippen LogP contribution in [0.25, 0.3) is 11.1 Å². The summed E-state index contributed by atoms with van der Waals surface area (Å²) in [7, 11) is 3.36. The van der Waals surface area contributed by atoms with E-state index < -0.39 is 29.4 Å². The van der Waals surface area contributed by atoms with Crippen molar-refractivity contribution in [1.82, 2.24) is 51.1 Å². The Labute approximate surface area is 447 Å². The van der Waals surface area contributed by atoms with Crippen molar-refractivity contribution in [3.8, 4) is 17.2 Å². The minimum atomic E-state index is -0.835. The summed E-state index contributed by atoms with van der Waals surface area (Å²) in [5.74, 6) is -1.29. The van der Waals surface area contributed by atoms with Crippen LogP contribution in [0.1, 0.15) is 150 Å². The Morgan fingerprint density at radius 3 is 2.43 bits per heavy atom. The fraction of sp³-hybridized carbons (Fsp3) is 0.544. The molecule has 5 heterocycles. The number of benzene rings is 2. The molecule has 2 aromatic heterocycles. The third-order valence-corrected chi connectivity index (χ3v) is 15.2. The number of pyridine rings is 1. The number of unbranched alkanes of at least 4 members (excludes halogenated alkanes) is 5. The highest BCUT2D eigenvalue weighted by Crippen LogP contribution is 2.42. The van der Waals surface area contributed by atoms with Crippen LogP contribution < -0.4 is 37.2 Å². The van der Waals surface area contributed by atoms with Gasteiger partial charge in [0, 0.05) is 62.0 Å². The van der Waals surface area contributed by atoms with Gasteiger partial charge in [-0.1, -0.05) is 83.7 Å². The van der Waals surface area contributed by atoms with Gasteiger partial charge in [-0.05, 0) is 99.8 Å². The van der Waals surface area contributed by atoms with Gasteiger partial charge >= 0.3 is 0 Å². The van der Waals surface area contributed by atoms with E-state index in [1.807, 2.05) is 64.1 Å². The van der Waals surface area contributed by atoms with Crippen LogP contribution in [0.2, 0.25) is 0 Å². The first-order valence-corrected chi connectivity index (χ1v) is 27.1. The highest BCUT2D eigenvalue weighted by molar-refractivity contribution is 5.96. The van der Waals surface area contributed by atoms with Gasteiger partial charge in [-0.15, -0.1) is 0 Å². The molecule has 3 aliphatic rings. The third-order valence-electron chi connectivity index (χ3n) is 15.2. The molecule has 7 rings (SSSR count). The highest BCUT2D eigenvalue weighted by Gasteiger charge is 2.45. The van der Waals surface area contributed by atoms with Crippen molar-refractivity contribution in [3.05, 3.63) is 94.7 Å². The maximum absolute atomic E-state index is 14.7. The van der Waals surface area contributed by atoms with Crippen molar-refractivity contribution in [2.45, 2.75) is 155 Å². The summed E-state index contributed by atoms with van der Waals surface area (Å²) in [4.78, 5) is 78.4. The fourth-order valence-corrected chi connectivity index (χ4v) is 10.8. The topological polar surface area (TPSA) is 236 Å². The SMILES string of the molecule is CC[C@H](NC(=O)[C@H]1C[C@@H](NCCCCCCCCC(=O)NCCn2nc3c(c2C#N)-c2cnc(N)c(c2)N2CCC[C@@H]2c2cc(F)ccc2C(=O)N(C)C3)CN1C(=O)C(NC(=O)[C@@H](C)NC)C(C)(C)C)c1ccccc1. The average molecular weight is 1040 g/mol. The lowest BCUT2D eigenvalue weighted by Crippen LogP contribution is -2.59. The van der Waals surface area contributed by atoms with E-state index in [9.17, 15) is 33.6 Å². The molecule has 18 nitrogen and oxygen atoms in total. The van der Waals surface area contributed by atoms with Crippen LogP contribution in [0.15, 0.2) is 60.8 Å². The molecule has 7 N–H and O–H groups in total. The zero-order chi connectivity index (χ0) is 54.7. The van der Waals surface area contributed by atoms with Crippen LogP contribution in [0.4, 0.5) is 15.9 Å². The number of carbonyl (C=O) groups excluding carboxylic acids is 5. The quantitative estimate of drug-likeness (QED) is 0.0507. The Hall–Kier alpha value is -6.91. The maximum Gasteiger partial charge on any atom is 0.254 e. The van der Waals surface area contributed by atoms with Gasteiger partial charge in [-0.25, -0.2) is 9.37 Å². The molecule has 0 radical (unpaired) electrons. The zero-order valence-corrected chi connectivity index (χ0v) is 45.4. The summed E-state index contributed by atoms with van der Waals surface area (Å²) in [6, 6.07) is 15.6. The number of amides is 5. The number of anilines is 2. The largest absolute Gasteiger partial charge is 0.382 e. The molecule has 19 heteroatoms. The number of fused-ring (bicyclic) bond motifs is 8. The molecule has 2 aromatic carbocycles. The Morgan fingerprint density at radius 2 is 1.72 bits per heavy atom. The minimum absolute atomic E-state index is 0.0689. The van der Waals surface area contributed by atoms with E-state index in [2.05, 4.69) is 42.5 Å². The van der Waals surface area contributed by atoms with Gasteiger partial charge in [-0.2, -0.15) is 10.4 Å². The van der Waals surface area contributed by atoms with Gasteiger partial charge in [0.05, 0.1) is 42.6 Å². The highest BCUT2D eigenvalue weighted by atomic mass is 19.1. The smallest absolute Gasteiger partial charge is 0.254 e. The van der Waals surface area contributed by atoms with Crippen LogP contribution in [-0.4, -0.2) is 119 Å².